The molecule has 0 radical (unpaired) electrons. The lowest BCUT2D eigenvalue weighted by Gasteiger charge is -2.27. The summed E-state index contributed by atoms with van der Waals surface area (Å²) in [5, 5.41) is 2.88. The van der Waals surface area contributed by atoms with Crippen LogP contribution in [0.25, 0.3) is 17.4 Å². The number of carbonyl (C=O) groups is 2. The van der Waals surface area contributed by atoms with Gasteiger partial charge in [0.1, 0.15) is 30.8 Å². The predicted molar refractivity (Wildman–Crippen MR) is 190 cm³/mol. The number of H-pyrrole nitrogens is 1. The number of aromatic nitrogens is 4. The van der Waals surface area contributed by atoms with Crippen LogP contribution in [0.3, 0.4) is 0 Å². The fraction of sp³-hybridized carbons (Fsp3) is 0.559. The molecule has 15 nitrogen and oxygen atoms in total. The van der Waals surface area contributed by atoms with E-state index < -0.39 is 42.7 Å². The molecule has 50 heavy (non-hydrogen) atoms. The van der Waals surface area contributed by atoms with Gasteiger partial charge in [0.05, 0.1) is 18.6 Å². The van der Waals surface area contributed by atoms with Gasteiger partial charge >= 0.3 is 19.7 Å². The largest absolute Gasteiger partial charge is 0.464 e. The number of benzene rings is 1. The summed E-state index contributed by atoms with van der Waals surface area (Å²) in [7, 11) is -4.29. The Bertz CT molecular complexity index is 1750. The number of nitrogens with zero attached hydrogens (tertiary/aromatic N) is 3. The first-order valence-corrected chi connectivity index (χ1v) is 18.5. The second-order valence-electron chi connectivity index (χ2n) is 13.6. The van der Waals surface area contributed by atoms with Gasteiger partial charge < -0.3 is 25.5 Å². The van der Waals surface area contributed by atoms with Gasteiger partial charge in [0.25, 0.3) is 5.56 Å². The number of ether oxygens (including phenoxy) is 2. The Balaban J connectivity index is 1.65. The molecular weight excluding hydrogens is 665 g/mol. The number of hydrogen-bond donors (Lipinski definition) is 4. The summed E-state index contributed by atoms with van der Waals surface area (Å²) in [4.78, 5) is 49.4. The molecule has 1 aliphatic carbocycles. The van der Waals surface area contributed by atoms with Crippen LogP contribution in [0, 0.1) is 23.2 Å². The Morgan fingerprint density at radius 2 is 1.80 bits per heavy atom. The second kappa shape index (κ2) is 16.8. The molecule has 2 aromatic heterocycles. The lowest BCUT2D eigenvalue weighted by molar-refractivity contribution is -0.149. The summed E-state index contributed by atoms with van der Waals surface area (Å²) in [6.07, 6.45) is 5.46. The minimum Gasteiger partial charge on any atom is -0.464 e. The highest BCUT2D eigenvalue weighted by atomic mass is 31.2. The SMILES string of the molecule is CCC(CC)COC(=O)[C@H](CC(C)C)N[P@](=O)(OCC1(COC(=O)[C@@H](N)C(C)C)C/C1=C/n1cnc2c(=O)[nH]c(N)nc21)Oc1ccccc1. The van der Waals surface area contributed by atoms with Crippen LogP contribution in [0.15, 0.2) is 47.0 Å². The molecule has 1 fully saturated rings. The van der Waals surface area contributed by atoms with E-state index in [1.54, 1.807) is 36.5 Å². The molecule has 274 valence electrons. The van der Waals surface area contributed by atoms with E-state index >= 15 is 0 Å². The standard InChI is InChI=1S/C34H50N7O8P/c1-7-23(8-2)17-46-31(43)26(14-21(3)4)40-50(45,49-25-12-10-9-11-13-25)48-19-34(18-47-32(44)27(35)22(5)6)15-24(34)16-41-20-37-28-29(41)38-33(36)39-30(28)42/h9-13,16,20-23,26-27H,7-8,14-15,17-19,35H2,1-6H3,(H,40,45)(H3,36,38,39,42)/b24-16-/t26-,27-,34?,50-/m0/s1. The molecule has 2 heterocycles. The zero-order valence-electron chi connectivity index (χ0n) is 29.6. The van der Waals surface area contributed by atoms with Gasteiger partial charge in [-0.05, 0) is 48.3 Å². The molecular formula is C34H50N7O8P. The number of imidazole rings is 1. The molecule has 0 amide bonds. The van der Waals surface area contributed by atoms with Crippen LogP contribution in [0.4, 0.5) is 5.95 Å². The third-order valence-corrected chi connectivity index (χ3v) is 10.3. The fourth-order valence-corrected chi connectivity index (χ4v) is 6.81. The number of esters is 2. The number of nitrogen functional groups attached to an aromatic ring is 1. The highest BCUT2D eigenvalue weighted by Gasteiger charge is 2.53. The van der Waals surface area contributed by atoms with Crippen LogP contribution in [0.2, 0.25) is 0 Å². The van der Waals surface area contributed by atoms with Gasteiger partial charge in [-0.15, -0.1) is 0 Å². The van der Waals surface area contributed by atoms with Crippen molar-refractivity contribution in [3.05, 3.63) is 52.6 Å². The Hall–Kier alpha value is -4.04. The Kier molecular flexibility index (Phi) is 13.0. The summed E-state index contributed by atoms with van der Waals surface area (Å²) >= 11 is 0. The Morgan fingerprint density at radius 3 is 2.44 bits per heavy atom. The molecule has 0 spiro atoms. The number of rotatable bonds is 19. The lowest BCUT2D eigenvalue weighted by Crippen LogP contribution is -2.40. The second-order valence-corrected chi connectivity index (χ2v) is 15.3. The van der Waals surface area contributed by atoms with E-state index in [4.69, 9.17) is 30.0 Å². The summed E-state index contributed by atoms with van der Waals surface area (Å²) in [6.45, 7) is 11.4. The van der Waals surface area contributed by atoms with E-state index in [2.05, 4.69) is 20.0 Å². The molecule has 3 aromatic rings. The number of fused-ring (bicyclic) bond motifs is 1. The molecule has 0 aliphatic heterocycles. The van der Waals surface area contributed by atoms with Crippen molar-refractivity contribution in [1.82, 2.24) is 24.6 Å². The summed E-state index contributed by atoms with van der Waals surface area (Å²) in [5.41, 5.74) is 11.4. The first-order valence-electron chi connectivity index (χ1n) is 17.0. The number of anilines is 1. The quantitative estimate of drug-likeness (QED) is 0.0984. The van der Waals surface area contributed by atoms with Gasteiger partial charge in [0.15, 0.2) is 11.2 Å². The third kappa shape index (κ3) is 10.0. The number of nitrogens with one attached hydrogen (secondary N) is 2. The molecule has 6 N–H and O–H groups in total. The van der Waals surface area contributed by atoms with E-state index in [-0.39, 0.29) is 60.4 Å². The van der Waals surface area contributed by atoms with E-state index in [1.807, 2.05) is 41.5 Å². The topological polar surface area (TPSA) is 216 Å². The molecule has 0 saturated heterocycles. The molecule has 1 aliphatic rings. The van der Waals surface area contributed by atoms with Gasteiger partial charge in [0, 0.05) is 6.20 Å². The van der Waals surface area contributed by atoms with Crippen molar-refractivity contribution in [1.29, 1.82) is 0 Å². The van der Waals surface area contributed by atoms with Crippen molar-refractivity contribution in [2.45, 2.75) is 79.3 Å². The van der Waals surface area contributed by atoms with Crippen molar-refractivity contribution in [2.75, 3.05) is 25.6 Å². The molecule has 1 aromatic carbocycles. The van der Waals surface area contributed by atoms with Gasteiger partial charge in [-0.25, -0.2) is 9.55 Å². The van der Waals surface area contributed by atoms with E-state index in [1.165, 1.54) is 10.9 Å². The highest BCUT2D eigenvalue weighted by molar-refractivity contribution is 7.52. The summed E-state index contributed by atoms with van der Waals surface area (Å²) in [6, 6.07) is 6.61. The fourth-order valence-electron chi connectivity index (χ4n) is 5.22. The lowest BCUT2D eigenvalue weighted by atomic mass is 10.0. The van der Waals surface area contributed by atoms with Crippen LogP contribution in [0.1, 0.15) is 67.2 Å². The predicted octanol–water partition coefficient (Wildman–Crippen LogP) is 4.65. The molecule has 4 rings (SSSR count). The van der Waals surface area contributed by atoms with Crippen LogP contribution in [-0.2, 0) is 28.2 Å². The van der Waals surface area contributed by atoms with Gasteiger partial charge in [0.2, 0.25) is 5.95 Å². The summed E-state index contributed by atoms with van der Waals surface area (Å²) < 4.78 is 39.6. The normalized spacial score (nSPS) is 19.1. The zero-order valence-corrected chi connectivity index (χ0v) is 30.5. The maximum Gasteiger partial charge on any atom is 0.459 e. The first kappa shape index (κ1) is 38.8. The zero-order chi connectivity index (χ0) is 36.6. The molecule has 0 bridgehead atoms. The Morgan fingerprint density at radius 1 is 1.10 bits per heavy atom. The minimum absolute atomic E-state index is 0.0344. The average Bonchev–Trinajstić information content (AvgIpc) is 3.60. The number of hydrogen-bond acceptors (Lipinski definition) is 12. The number of para-hydroxylation sites is 1. The van der Waals surface area contributed by atoms with E-state index in [0.717, 1.165) is 18.4 Å². The molecule has 1 saturated carbocycles. The summed E-state index contributed by atoms with van der Waals surface area (Å²) in [5.74, 6) is -0.910. The Labute approximate surface area is 292 Å². The third-order valence-electron chi connectivity index (χ3n) is 8.71. The minimum atomic E-state index is -4.29. The van der Waals surface area contributed by atoms with Crippen molar-refractivity contribution < 1.29 is 32.7 Å². The van der Waals surface area contributed by atoms with Gasteiger partial charge in [-0.2, -0.15) is 10.1 Å². The van der Waals surface area contributed by atoms with Gasteiger partial charge in [-0.3, -0.25) is 28.5 Å². The smallest absolute Gasteiger partial charge is 0.459 e. The van der Waals surface area contributed by atoms with Crippen molar-refractivity contribution in [3.8, 4) is 5.75 Å². The maximum atomic E-state index is 14.6. The van der Waals surface area contributed by atoms with Gasteiger partial charge in [-0.1, -0.05) is 72.6 Å². The molecule has 1 unspecified atom stereocenters. The molecule has 4 atom stereocenters. The van der Waals surface area contributed by atoms with Crippen LogP contribution in [-0.4, -0.2) is 63.4 Å². The average molecular weight is 716 g/mol. The van der Waals surface area contributed by atoms with E-state index in [9.17, 15) is 18.9 Å². The van der Waals surface area contributed by atoms with Crippen molar-refractivity contribution in [2.24, 2.45) is 28.9 Å². The highest BCUT2D eigenvalue weighted by Crippen LogP contribution is 2.57. The van der Waals surface area contributed by atoms with Crippen molar-refractivity contribution >= 4 is 43.0 Å². The van der Waals surface area contributed by atoms with Crippen LogP contribution in [0.5, 0.6) is 5.75 Å². The molecule has 16 heteroatoms. The maximum absolute atomic E-state index is 14.6. The monoisotopic (exact) mass is 715 g/mol. The van der Waals surface area contributed by atoms with Crippen molar-refractivity contribution in [3.63, 3.8) is 0 Å². The van der Waals surface area contributed by atoms with E-state index in [0.29, 0.717) is 12.8 Å². The number of carbonyl (C=O) groups excluding carboxylic acids is 2. The van der Waals surface area contributed by atoms with Crippen LogP contribution >= 0.6 is 7.75 Å². The first-order chi connectivity index (χ1) is 23.7. The van der Waals surface area contributed by atoms with Crippen LogP contribution < -0.4 is 26.6 Å². The number of aromatic amines is 1. The number of nitrogens with two attached hydrogens (primary N) is 2.